The Labute approximate surface area is 264 Å². The van der Waals surface area contributed by atoms with E-state index < -0.39 is 24.1 Å². The molecule has 0 aliphatic heterocycles. The van der Waals surface area contributed by atoms with E-state index in [0.717, 1.165) is 24.8 Å². The minimum Gasteiger partial charge on any atom is -0.463 e. The summed E-state index contributed by atoms with van der Waals surface area (Å²) in [5, 5.41) is 11.0. The summed E-state index contributed by atoms with van der Waals surface area (Å²) in [5.74, 6) is -4.27. The van der Waals surface area contributed by atoms with Crippen LogP contribution in [0, 0.1) is 11.8 Å². The van der Waals surface area contributed by atoms with Crippen LogP contribution in [0.15, 0.2) is 54.6 Å². The summed E-state index contributed by atoms with van der Waals surface area (Å²) in [7, 11) is 0. The molecule has 0 saturated heterocycles. The molecule has 0 bridgehead atoms. The zero-order chi connectivity index (χ0) is 32.4. The molecule has 0 unspecified atom stereocenters. The van der Waals surface area contributed by atoms with E-state index in [2.05, 4.69) is 13.5 Å². The molecule has 1 aromatic carbocycles. The first-order valence-electron chi connectivity index (χ1n) is 16.9. The molecule has 1 aliphatic rings. The van der Waals surface area contributed by atoms with Crippen LogP contribution in [0.2, 0.25) is 0 Å². The van der Waals surface area contributed by atoms with Gasteiger partial charge in [-0.15, -0.1) is 0 Å². The van der Waals surface area contributed by atoms with Gasteiger partial charge in [-0.1, -0.05) is 88.1 Å². The number of hydrogen-bond donors (Lipinski definition) is 1. The number of aliphatic hydroxyl groups excluding tert-OH is 1. The Balaban J connectivity index is 1.98. The highest BCUT2D eigenvalue weighted by Crippen LogP contribution is 2.42. The number of esters is 2. The number of hydrogen-bond acceptors (Lipinski definition) is 5. The lowest BCUT2D eigenvalue weighted by Crippen LogP contribution is -2.29. The molecule has 7 heteroatoms. The molecular formula is C37H56F2O5. The number of aryl methyl sites for hydroxylation is 1. The van der Waals surface area contributed by atoms with E-state index in [1.807, 2.05) is 56.3 Å². The summed E-state index contributed by atoms with van der Waals surface area (Å²) >= 11 is 0. The van der Waals surface area contributed by atoms with Crippen LogP contribution in [0.1, 0.15) is 123 Å². The van der Waals surface area contributed by atoms with Gasteiger partial charge in [-0.3, -0.25) is 4.79 Å². The summed E-state index contributed by atoms with van der Waals surface area (Å²) in [4.78, 5) is 24.7. The van der Waals surface area contributed by atoms with Crippen molar-refractivity contribution >= 4 is 11.9 Å². The van der Waals surface area contributed by atoms with Crippen molar-refractivity contribution in [1.29, 1.82) is 0 Å². The molecule has 1 saturated carbocycles. The molecule has 2 rings (SSSR count). The van der Waals surface area contributed by atoms with Crippen LogP contribution in [0.25, 0.3) is 0 Å². The van der Waals surface area contributed by atoms with E-state index in [4.69, 9.17) is 9.47 Å². The SMILES string of the molecule is C=C(CCCCCCCC)C(=O)O[C@@H]1C[C@H](O)[C@H](C/C=C\CCCC(=O)OC(C)C)[C@H]1CCC(F)(F)CCc1ccccc1. The molecule has 1 fully saturated rings. The summed E-state index contributed by atoms with van der Waals surface area (Å²) in [6, 6.07) is 9.27. The zero-order valence-electron chi connectivity index (χ0n) is 27.3. The molecule has 248 valence electrons. The Morgan fingerprint density at radius 3 is 2.41 bits per heavy atom. The number of ether oxygens (including phenoxy) is 2. The second kappa shape index (κ2) is 20.5. The van der Waals surface area contributed by atoms with Gasteiger partial charge in [0, 0.05) is 37.2 Å². The molecule has 0 amide bonds. The van der Waals surface area contributed by atoms with Crippen LogP contribution in [-0.4, -0.2) is 41.3 Å². The lowest BCUT2D eigenvalue weighted by molar-refractivity contribution is -0.148. The fourth-order valence-electron chi connectivity index (χ4n) is 5.99. The van der Waals surface area contributed by atoms with Gasteiger partial charge < -0.3 is 14.6 Å². The number of carbonyl (C=O) groups is 2. The van der Waals surface area contributed by atoms with E-state index in [9.17, 15) is 14.7 Å². The minimum atomic E-state index is -2.87. The maximum absolute atomic E-state index is 15.1. The summed E-state index contributed by atoms with van der Waals surface area (Å²) < 4.78 is 41.1. The highest BCUT2D eigenvalue weighted by Gasteiger charge is 2.45. The minimum absolute atomic E-state index is 0.140. The van der Waals surface area contributed by atoms with Gasteiger partial charge in [0.05, 0.1) is 12.2 Å². The molecular weight excluding hydrogens is 562 g/mol. The number of halogens is 2. The lowest BCUT2D eigenvalue weighted by Gasteiger charge is -2.27. The molecule has 1 aliphatic carbocycles. The molecule has 1 N–H and O–H groups in total. The number of carbonyl (C=O) groups excluding carboxylic acids is 2. The van der Waals surface area contributed by atoms with Gasteiger partial charge in [0.25, 0.3) is 0 Å². The first-order chi connectivity index (χ1) is 21.0. The summed E-state index contributed by atoms with van der Waals surface area (Å²) in [5.41, 5.74) is 1.28. The molecule has 0 radical (unpaired) electrons. The highest BCUT2D eigenvalue weighted by atomic mass is 19.3. The van der Waals surface area contributed by atoms with Gasteiger partial charge in [0.1, 0.15) is 6.10 Å². The van der Waals surface area contributed by atoms with Gasteiger partial charge in [0.15, 0.2) is 0 Å². The second-order valence-corrected chi connectivity index (χ2v) is 12.7. The molecule has 0 heterocycles. The first kappa shape index (κ1) is 37.6. The smallest absolute Gasteiger partial charge is 0.333 e. The zero-order valence-corrected chi connectivity index (χ0v) is 27.3. The van der Waals surface area contributed by atoms with E-state index in [1.165, 1.54) is 19.3 Å². The van der Waals surface area contributed by atoms with Gasteiger partial charge in [0.2, 0.25) is 5.92 Å². The largest absolute Gasteiger partial charge is 0.463 e. The van der Waals surface area contributed by atoms with Crippen molar-refractivity contribution < 1.29 is 33.0 Å². The summed E-state index contributed by atoms with van der Waals surface area (Å²) in [6.45, 7) is 9.74. The number of benzene rings is 1. The average Bonchev–Trinajstić information content (AvgIpc) is 3.27. The van der Waals surface area contributed by atoms with Crippen molar-refractivity contribution in [3.8, 4) is 0 Å². The van der Waals surface area contributed by atoms with Crippen LogP contribution in [-0.2, 0) is 25.5 Å². The number of alkyl halides is 2. The van der Waals surface area contributed by atoms with Crippen molar-refractivity contribution in [2.45, 2.75) is 148 Å². The average molecular weight is 619 g/mol. The number of rotatable bonds is 22. The Morgan fingerprint density at radius 2 is 1.70 bits per heavy atom. The maximum atomic E-state index is 15.1. The van der Waals surface area contributed by atoms with Crippen LogP contribution in [0.5, 0.6) is 0 Å². The molecule has 44 heavy (non-hydrogen) atoms. The third kappa shape index (κ3) is 15.0. The topological polar surface area (TPSA) is 72.8 Å². The van der Waals surface area contributed by atoms with Gasteiger partial charge in [-0.05, 0) is 70.3 Å². The Morgan fingerprint density at radius 1 is 1.00 bits per heavy atom. The molecule has 0 aromatic heterocycles. The first-order valence-corrected chi connectivity index (χ1v) is 16.9. The van der Waals surface area contributed by atoms with E-state index >= 15 is 8.78 Å². The van der Waals surface area contributed by atoms with E-state index in [0.29, 0.717) is 37.7 Å². The Kier molecular flexibility index (Phi) is 17.5. The third-order valence-corrected chi connectivity index (χ3v) is 8.53. The van der Waals surface area contributed by atoms with Crippen molar-refractivity contribution in [2.24, 2.45) is 11.8 Å². The van der Waals surface area contributed by atoms with E-state index in [1.54, 1.807) is 0 Å². The molecule has 5 nitrogen and oxygen atoms in total. The van der Waals surface area contributed by atoms with Crippen molar-refractivity contribution in [1.82, 2.24) is 0 Å². The Bertz CT molecular complexity index is 1010. The molecule has 0 spiro atoms. The molecule has 4 atom stereocenters. The number of unbranched alkanes of at least 4 members (excludes halogenated alkanes) is 6. The van der Waals surface area contributed by atoms with Crippen LogP contribution < -0.4 is 0 Å². The summed E-state index contributed by atoms with van der Waals surface area (Å²) in [6.07, 6.45) is 11.8. The van der Waals surface area contributed by atoms with Crippen LogP contribution >= 0.6 is 0 Å². The third-order valence-electron chi connectivity index (χ3n) is 8.53. The fourth-order valence-corrected chi connectivity index (χ4v) is 5.99. The standard InChI is InChI=1S/C37H56F2O5/c1-5-6-7-8-9-13-18-29(4)36(42)44-34-27-33(40)31(21-16-10-11-17-22-35(41)43-28(2)3)32(34)24-26-37(38,39)25-23-30-19-14-12-15-20-30/h10,12,14-16,19-20,28,31-34,40H,4-9,11,13,17-18,21-27H2,1-3H3/b16-10-/t31-,32-,33+,34-/m1/s1. The van der Waals surface area contributed by atoms with Crippen molar-refractivity contribution in [2.75, 3.05) is 0 Å². The quantitative estimate of drug-likeness (QED) is 0.0607. The van der Waals surface area contributed by atoms with Crippen LogP contribution in [0.3, 0.4) is 0 Å². The van der Waals surface area contributed by atoms with Crippen LogP contribution in [0.4, 0.5) is 8.78 Å². The van der Waals surface area contributed by atoms with Crippen molar-refractivity contribution in [3.05, 3.63) is 60.2 Å². The maximum Gasteiger partial charge on any atom is 0.333 e. The Hall–Kier alpha value is -2.54. The van der Waals surface area contributed by atoms with Gasteiger partial charge >= 0.3 is 11.9 Å². The predicted octanol–water partition coefficient (Wildman–Crippen LogP) is 9.32. The monoisotopic (exact) mass is 618 g/mol. The highest BCUT2D eigenvalue weighted by molar-refractivity contribution is 5.87. The molecule has 1 aromatic rings. The number of allylic oxidation sites excluding steroid dienone is 2. The predicted molar refractivity (Wildman–Crippen MR) is 172 cm³/mol. The van der Waals surface area contributed by atoms with Crippen molar-refractivity contribution in [3.63, 3.8) is 0 Å². The fraction of sp³-hybridized carbons (Fsp3) is 0.676. The van der Waals surface area contributed by atoms with E-state index in [-0.39, 0.29) is 56.0 Å². The van der Waals surface area contributed by atoms with Gasteiger partial charge in [-0.2, -0.15) is 0 Å². The normalized spacial score (nSPS) is 20.3. The second-order valence-electron chi connectivity index (χ2n) is 12.7. The van der Waals surface area contributed by atoms with Gasteiger partial charge in [-0.25, -0.2) is 13.6 Å². The number of aliphatic hydroxyl groups is 1. The lowest BCUT2D eigenvalue weighted by atomic mass is 9.85.